The molecule has 0 atom stereocenters. The van der Waals surface area contributed by atoms with E-state index in [2.05, 4.69) is 5.32 Å². The van der Waals surface area contributed by atoms with Crippen molar-refractivity contribution in [3.05, 3.63) is 0 Å². The van der Waals surface area contributed by atoms with Crippen LogP contribution in [0, 0.1) is 0 Å². The minimum Gasteiger partial charge on any atom is -0.389 e. The summed E-state index contributed by atoms with van der Waals surface area (Å²) in [4.78, 5) is 0. The van der Waals surface area contributed by atoms with Gasteiger partial charge < -0.3 is 15.2 Å². The van der Waals surface area contributed by atoms with Crippen molar-refractivity contribution >= 4 is 0 Å². The second-order valence-corrected chi connectivity index (χ2v) is 4.34. The summed E-state index contributed by atoms with van der Waals surface area (Å²) in [5, 5.41) is 13.4. The van der Waals surface area contributed by atoms with Crippen LogP contribution >= 0.6 is 0 Å². The molecule has 1 saturated carbocycles. The van der Waals surface area contributed by atoms with E-state index in [4.69, 9.17) is 4.74 Å². The molecule has 0 aromatic heterocycles. The first-order valence-electron chi connectivity index (χ1n) is 5.62. The maximum Gasteiger partial charge on any atom is 0.0766 e. The molecule has 0 amide bonds. The molecule has 1 rings (SSSR count). The van der Waals surface area contributed by atoms with Crippen LogP contribution in [0.4, 0.5) is 0 Å². The normalized spacial score (nSPS) is 27.4. The summed E-state index contributed by atoms with van der Waals surface area (Å²) < 4.78 is 5.20. The van der Waals surface area contributed by atoms with Gasteiger partial charge in [0, 0.05) is 19.7 Å². The lowest BCUT2D eigenvalue weighted by Crippen LogP contribution is -2.50. The van der Waals surface area contributed by atoms with Gasteiger partial charge in [-0.15, -0.1) is 0 Å². The minimum atomic E-state index is -0.516. The zero-order chi connectivity index (χ0) is 10.6. The molecule has 0 aliphatic heterocycles. The summed E-state index contributed by atoms with van der Waals surface area (Å²) in [6.45, 7) is 4.77. The molecule has 1 aliphatic rings. The summed E-state index contributed by atoms with van der Waals surface area (Å²) >= 11 is 0. The van der Waals surface area contributed by atoms with Crippen molar-refractivity contribution in [2.45, 2.75) is 57.3 Å². The summed E-state index contributed by atoms with van der Waals surface area (Å²) in [5.74, 6) is 0. The Balaban J connectivity index is 2.15. The molecule has 0 bridgehead atoms. The third kappa shape index (κ3) is 2.94. The van der Waals surface area contributed by atoms with Gasteiger partial charge in [-0.1, -0.05) is 13.8 Å². The molecule has 14 heavy (non-hydrogen) atoms. The third-order valence-electron chi connectivity index (χ3n) is 3.46. The van der Waals surface area contributed by atoms with Crippen molar-refractivity contribution in [2.24, 2.45) is 0 Å². The first-order chi connectivity index (χ1) is 6.63. The molecule has 0 radical (unpaired) electrons. The molecule has 1 aliphatic carbocycles. The largest absolute Gasteiger partial charge is 0.389 e. The summed E-state index contributed by atoms with van der Waals surface area (Å²) in [6, 6.07) is 0.546. The van der Waals surface area contributed by atoms with Crippen molar-refractivity contribution < 1.29 is 9.84 Å². The fourth-order valence-electron chi connectivity index (χ4n) is 1.76. The monoisotopic (exact) mass is 201 g/mol. The summed E-state index contributed by atoms with van der Waals surface area (Å²) in [5.41, 5.74) is -0.516. The highest BCUT2D eigenvalue weighted by Gasteiger charge is 2.31. The van der Waals surface area contributed by atoms with Gasteiger partial charge in [-0.3, -0.25) is 0 Å². The molecule has 0 aromatic rings. The zero-order valence-electron chi connectivity index (χ0n) is 9.55. The summed E-state index contributed by atoms with van der Waals surface area (Å²) in [7, 11) is 1.76. The number of hydrogen-bond acceptors (Lipinski definition) is 3. The van der Waals surface area contributed by atoms with Crippen LogP contribution < -0.4 is 5.32 Å². The Morgan fingerprint density at radius 3 is 2.36 bits per heavy atom. The van der Waals surface area contributed by atoms with Crippen LogP contribution in [-0.2, 0) is 4.74 Å². The average Bonchev–Trinajstić information content (AvgIpc) is 2.15. The molecular weight excluding hydrogens is 178 g/mol. The van der Waals surface area contributed by atoms with E-state index < -0.39 is 5.60 Å². The highest BCUT2D eigenvalue weighted by Crippen LogP contribution is 2.23. The van der Waals surface area contributed by atoms with Crippen LogP contribution in [0.25, 0.3) is 0 Å². The highest BCUT2D eigenvalue weighted by atomic mass is 16.5. The second-order valence-electron chi connectivity index (χ2n) is 4.34. The predicted octanol–water partition coefficient (Wildman–Crippen LogP) is 1.30. The van der Waals surface area contributed by atoms with E-state index >= 15 is 0 Å². The first kappa shape index (κ1) is 12.0. The lowest BCUT2D eigenvalue weighted by atomic mass is 9.88. The van der Waals surface area contributed by atoms with Crippen LogP contribution in [0.2, 0.25) is 0 Å². The first-order valence-corrected chi connectivity index (χ1v) is 5.62. The van der Waals surface area contributed by atoms with E-state index in [0.717, 1.165) is 25.7 Å². The quantitative estimate of drug-likeness (QED) is 0.680. The van der Waals surface area contributed by atoms with Gasteiger partial charge in [-0.25, -0.2) is 0 Å². The number of hydrogen-bond donors (Lipinski definition) is 2. The Labute approximate surface area is 86.8 Å². The average molecular weight is 201 g/mol. The molecule has 0 unspecified atom stereocenters. The zero-order valence-corrected chi connectivity index (χ0v) is 9.55. The molecule has 0 heterocycles. The topological polar surface area (TPSA) is 41.5 Å². The van der Waals surface area contributed by atoms with Crippen molar-refractivity contribution in [2.75, 3.05) is 13.7 Å². The van der Waals surface area contributed by atoms with E-state index in [-0.39, 0.29) is 0 Å². The maximum atomic E-state index is 10.0. The minimum absolute atomic E-state index is 0.434. The molecule has 84 valence electrons. The molecule has 0 spiro atoms. The molecule has 3 heteroatoms. The van der Waals surface area contributed by atoms with Crippen molar-refractivity contribution in [3.63, 3.8) is 0 Å². The van der Waals surface area contributed by atoms with E-state index in [1.807, 2.05) is 13.8 Å². The number of rotatable bonds is 6. The van der Waals surface area contributed by atoms with E-state index in [1.165, 1.54) is 0 Å². The standard InChI is InChI=1S/C11H23NO2/c1-4-11(13,5-2)8-12-9-6-10(7-9)14-3/h9-10,12-13H,4-8H2,1-3H3. The van der Waals surface area contributed by atoms with Crippen LogP contribution in [0.5, 0.6) is 0 Å². The Morgan fingerprint density at radius 1 is 1.36 bits per heavy atom. The predicted molar refractivity (Wildman–Crippen MR) is 57.4 cm³/mol. The highest BCUT2D eigenvalue weighted by molar-refractivity contribution is 4.88. The Kier molecular flexibility index (Phi) is 4.35. The van der Waals surface area contributed by atoms with Crippen molar-refractivity contribution in [1.29, 1.82) is 0 Å². The molecule has 2 N–H and O–H groups in total. The lowest BCUT2D eigenvalue weighted by molar-refractivity contribution is -0.00485. The second kappa shape index (κ2) is 5.10. The molecule has 0 aromatic carbocycles. The molecular formula is C11H23NO2. The van der Waals surface area contributed by atoms with Gasteiger partial charge in [0.25, 0.3) is 0 Å². The van der Waals surface area contributed by atoms with Crippen LogP contribution in [0.15, 0.2) is 0 Å². The van der Waals surface area contributed by atoms with Crippen LogP contribution in [0.3, 0.4) is 0 Å². The van der Waals surface area contributed by atoms with E-state index in [1.54, 1.807) is 7.11 Å². The van der Waals surface area contributed by atoms with Gasteiger partial charge in [-0.05, 0) is 25.7 Å². The Morgan fingerprint density at radius 2 is 1.93 bits per heavy atom. The molecule has 0 saturated heterocycles. The smallest absolute Gasteiger partial charge is 0.0766 e. The Hall–Kier alpha value is -0.120. The maximum absolute atomic E-state index is 10.0. The van der Waals surface area contributed by atoms with Gasteiger partial charge >= 0.3 is 0 Å². The van der Waals surface area contributed by atoms with Crippen LogP contribution in [-0.4, -0.2) is 36.5 Å². The van der Waals surface area contributed by atoms with Gasteiger partial charge in [0.15, 0.2) is 0 Å². The molecule has 3 nitrogen and oxygen atoms in total. The number of methoxy groups -OCH3 is 1. The number of nitrogens with one attached hydrogen (secondary N) is 1. The van der Waals surface area contributed by atoms with Crippen molar-refractivity contribution in [1.82, 2.24) is 5.32 Å². The molecule has 1 fully saturated rings. The number of aliphatic hydroxyl groups is 1. The van der Waals surface area contributed by atoms with Gasteiger partial charge in [0.05, 0.1) is 11.7 Å². The lowest BCUT2D eigenvalue weighted by Gasteiger charge is -2.37. The SMILES string of the molecule is CCC(O)(CC)CNC1CC(OC)C1. The van der Waals surface area contributed by atoms with Gasteiger partial charge in [0.1, 0.15) is 0 Å². The van der Waals surface area contributed by atoms with Gasteiger partial charge in [0.2, 0.25) is 0 Å². The van der Waals surface area contributed by atoms with Gasteiger partial charge in [-0.2, -0.15) is 0 Å². The third-order valence-corrected chi connectivity index (χ3v) is 3.46. The van der Waals surface area contributed by atoms with Crippen LogP contribution in [0.1, 0.15) is 39.5 Å². The fourth-order valence-corrected chi connectivity index (χ4v) is 1.76. The summed E-state index contributed by atoms with van der Waals surface area (Å²) in [6.07, 6.45) is 4.23. The Bertz CT molecular complexity index is 163. The van der Waals surface area contributed by atoms with E-state index in [9.17, 15) is 5.11 Å². The fraction of sp³-hybridized carbons (Fsp3) is 1.00. The van der Waals surface area contributed by atoms with E-state index in [0.29, 0.717) is 18.7 Å². The van der Waals surface area contributed by atoms with Crippen molar-refractivity contribution in [3.8, 4) is 0 Å². The number of ether oxygens (including phenoxy) is 1.